The van der Waals surface area contributed by atoms with Gasteiger partial charge in [0.1, 0.15) is 11.8 Å². The maximum atomic E-state index is 12.4. The molecule has 102 valence electrons. The van der Waals surface area contributed by atoms with E-state index in [1.807, 2.05) is 0 Å². The maximum Gasteiger partial charge on any atom is 0.326 e. The Balaban J connectivity index is 2.31. The van der Waals surface area contributed by atoms with E-state index in [1.54, 1.807) is 18.2 Å². The number of nitrogens with zero attached hydrogens (tertiary/aromatic N) is 1. The molecule has 1 amide bonds. The van der Waals surface area contributed by atoms with Gasteiger partial charge in [0, 0.05) is 18.3 Å². The molecule has 0 bridgehead atoms. The van der Waals surface area contributed by atoms with Crippen molar-refractivity contribution in [3.63, 3.8) is 0 Å². The van der Waals surface area contributed by atoms with Gasteiger partial charge in [-0.05, 0) is 25.0 Å². The van der Waals surface area contributed by atoms with Crippen molar-refractivity contribution in [2.75, 3.05) is 19.4 Å². The van der Waals surface area contributed by atoms with Crippen LogP contribution in [0.2, 0.25) is 0 Å². The Bertz CT molecular complexity index is 515. The highest BCUT2D eigenvalue weighted by atomic mass is 16.5. The Labute approximate surface area is 110 Å². The number of amides is 1. The van der Waals surface area contributed by atoms with Crippen LogP contribution in [0.25, 0.3) is 0 Å². The zero-order chi connectivity index (χ0) is 14.0. The van der Waals surface area contributed by atoms with E-state index in [9.17, 15) is 9.59 Å². The first-order valence-corrected chi connectivity index (χ1v) is 6.02. The number of nitrogens with two attached hydrogens (primary N) is 1. The Morgan fingerprint density at radius 3 is 2.84 bits per heavy atom. The molecule has 0 aliphatic carbocycles. The van der Waals surface area contributed by atoms with Crippen molar-refractivity contribution in [1.29, 1.82) is 0 Å². The summed E-state index contributed by atoms with van der Waals surface area (Å²) in [4.78, 5) is 24.9. The van der Waals surface area contributed by atoms with Crippen molar-refractivity contribution in [2.24, 2.45) is 0 Å². The van der Waals surface area contributed by atoms with Crippen LogP contribution in [-0.2, 0) is 4.79 Å². The highest BCUT2D eigenvalue weighted by Crippen LogP contribution is 2.26. The fourth-order valence-electron chi connectivity index (χ4n) is 2.31. The largest absolute Gasteiger partial charge is 0.496 e. The minimum Gasteiger partial charge on any atom is -0.496 e. The molecule has 1 atom stereocenters. The van der Waals surface area contributed by atoms with Crippen LogP contribution in [0.15, 0.2) is 18.2 Å². The Hall–Kier alpha value is -2.24. The number of anilines is 1. The highest BCUT2D eigenvalue weighted by molar-refractivity contribution is 5.99. The normalized spacial score (nSPS) is 18.4. The molecule has 19 heavy (non-hydrogen) atoms. The molecule has 1 aliphatic rings. The minimum absolute atomic E-state index is 0.332. The first-order chi connectivity index (χ1) is 9.04. The van der Waals surface area contributed by atoms with E-state index in [1.165, 1.54) is 12.0 Å². The number of benzene rings is 1. The molecule has 0 aromatic heterocycles. The maximum absolute atomic E-state index is 12.4. The third kappa shape index (κ3) is 2.47. The first kappa shape index (κ1) is 13.2. The Morgan fingerprint density at radius 2 is 2.21 bits per heavy atom. The molecular formula is C13H16N2O4. The summed E-state index contributed by atoms with van der Waals surface area (Å²) in [5.41, 5.74) is 6.46. The van der Waals surface area contributed by atoms with E-state index < -0.39 is 12.0 Å². The molecule has 1 fully saturated rings. The van der Waals surface area contributed by atoms with Gasteiger partial charge in [-0.1, -0.05) is 0 Å². The lowest BCUT2D eigenvalue weighted by Gasteiger charge is -2.22. The number of methoxy groups -OCH3 is 1. The highest BCUT2D eigenvalue weighted by Gasteiger charge is 2.35. The summed E-state index contributed by atoms with van der Waals surface area (Å²) in [6, 6.07) is 3.96. The lowest BCUT2D eigenvalue weighted by atomic mass is 10.1. The van der Waals surface area contributed by atoms with Gasteiger partial charge in [0.2, 0.25) is 0 Å². The standard InChI is InChI=1S/C13H16N2O4/c1-19-11-7-8(14)4-5-9(11)12(16)15-6-2-3-10(15)13(17)18/h4-5,7,10H,2-3,6,14H2,1H3,(H,17,18). The van der Waals surface area contributed by atoms with Gasteiger partial charge in [0.05, 0.1) is 12.7 Å². The van der Waals surface area contributed by atoms with Crippen molar-refractivity contribution in [3.8, 4) is 5.75 Å². The number of carboxylic acids is 1. The van der Waals surface area contributed by atoms with Crippen LogP contribution in [-0.4, -0.2) is 41.6 Å². The van der Waals surface area contributed by atoms with Gasteiger partial charge in [-0.3, -0.25) is 4.79 Å². The average molecular weight is 264 g/mol. The van der Waals surface area contributed by atoms with Crippen LogP contribution in [0.3, 0.4) is 0 Å². The number of carbonyl (C=O) groups excluding carboxylic acids is 1. The summed E-state index contributed by atoms with van der Waals surface area (Å²) >= 11 is 0. The fraction of sp³-hybridized carbons (Fsp3) is 0.385. The average Bonchev–Trinajstić information content (AvgIpc) is 2.87. The molecule has 2 rings (SSSR count). The van der Waals surface area contributed by atoms with Gasteiger partial charge in [-0.15, -0.1) is 0 Å². The molecule has 6 nitrogen and oxygen atoms in total. The number of aliphatic carboxylic acids is 1. The van der Waals surface area contributed by atoms with Crippen LogP contribution in [0.1, 0.15) is 23.2 Å². The van der Waals surface area contributed by atoms with Crippen LogP contribution in [0.4, 0.5) is 5.69 Å². The van der Waals surface area contributed by atoms with Crippen molar-refractivity contribution >= 4 is 17.6 Å². The summed E-state index contributed by atoms with van der Waals surface area (Å²) < 4.78 is 5.13. The number of nitrogen functional groups attached to an aromatic ring is 1. The lowest BCUT2D eigenvalue weighted by Crippen LogP contribution is -2.40. The number of carbonyl (C=O) groups is 2. The molecule has 6 heteroatoms. The lowest BCUT2D eigenvalue weighted by molar-refractivity contribution is -0.141. The van der Waals surface area contributed by atoms with Crippen LogP contribution in [0.5, 0.6) is 5.75 Å². The quantitative estimate of drug-likeness (QED) is 0.793. The predicted molar refractivity (Wildman–Crippen MR) is 69.1 cm³/mol. The molecule has 1 saturated heterocycles. The Kier molecular flexibility index (Phi) is 3.59. The number of rotatable bonds is 3. The molecule has 0 spiro atoms. The molecule has 1 aromatic carbocycles. The van der Waals surface area contributed by atoms with Crippen molar-refractivity contribution in [2.45, 2.75) is 18.9 Å². The second-order valence-corrected chi connectivity index (χ2v) is 4.45. The molecular weight excluding hydrogens is 248 g/mol. The molecule has 3 N–H and O–H groups in total. The van der Waals surface area contributed by atoms with Gasteiger partial charge in [-0.25, -0.2) is 4.79 Å². The van der Waals surface area contributed by atoms with Crippen molar-refractivity contribution in [1.82, 2.24) is 4.90 Å². The topological polar surface area (TPSA) is 92.9 Å². The SMILES string of the molecule is COc1cc(N)ccc1C(=O)N1CCCC1C(=O)O. The second-order valence-electron chi connectivity index (χ2n) is 4.45. The minimum atomic E-state index is -0.972. The van der Waals surface area contributed by atoms with E-state index in [2.05, 4.69) is 0 Å². The van der Waals surface area contributed by atoms with Crippen LogP contribution in [0, 0.1) is 0 Å². The molecule has 1 heterocycles. The third-order valence-electron chi connectivity index (χ3n) is 3.25. The monoisotopic (exact) mass is 264 g/mol. The number of likely N-dealkylation sites (tertiary alicyclic amines) is 1. The number of hydrogen-bond acceptors (Lipinski definition) is 4. The van der Waals surface area contributed by atoms with Crippen molar-refractivity contribution in [3.05, 3.63) is 23.8 Å². The molecule has 0 saturated carbocycles. The third-order valence-corrected chi connectivity index (χ3v) is 3.25. The van der Waals surface area contributed by atoms with E-state index in [-0.39, 0.29) is 5.91 Å². The molecule has 1 unspecified atom stereocenters. The molecule has 1 aliphatic heterocycles. The van der Waals surface area contributed by atoms with Gasteiger partial charge in [0.25, 0.3) is 5.91 Å². The number of carboxylic acid groups (broad SMARTS) is 1. The van der Waals surface area contributed by atoms with Crippen LogP contribution < -0.4 is 10.5 Å². The summed E-state index contributed by atoms with van der Waals surface area (Å²) in [5.74, 6) is -0.942. The summed E-state index contributed by atoms with van der Waals surface area (Å²) in [7, 11) is 1.45. The molecule has 0 radical (unpaired) electrons. The summed E-state index contributed by atoms with van der Waals surface area (Å²) in [6.45, 7) is 0.448. The zero-order valence-electron chi connectivity index (χ0n) is 10.6. The van der Waals surface area contributed by atoms with E-state index in [4.69, 9.17) is 15.6 Å². The van der Waals surface area contributed by atoms with E-state index >= 15 is 0 Å². The smallest absolute Gasteiger partial charge is 0.326 e. The van der Waals surface area contributed by atoms with Gasteiger partial charge < -0.3 is 20.5 Å². The van der Waals surface area contributed by atoms with Crippen molar-refractivity contribution < 1.29 is 19.4 Å². The second kappa shape index (κ2) is 5.17. The number of hydrogen-bond donors (Lipinski definition) is 2. The van der Waals surface area contributed by atoms with Gasteiger partial charge in [-0.2, -0.15) is 0 Å². The van der Waals surface area contributed by atoms with Crippen LogP contribution >= 0.6 is 0 Å². The first-order valence-electron chi connectivity index (χ1n) is 6.02. The van der Waals surface area contributed by atoms with E-state index in [0.29, 0.717) is 36.4 Å². The fourth-order valence-corrected chi connectivity index (χ4v) is 2.31. The summed E-state index contributed by atoms with van der Waals surface area (Å²) in [6.07, 6.45) is 1.18. The zero-order valence-corrected chi connectivity index (χ0v) is 10.6. The molecule has 1 aromatic rings. The van der Waals surface area contributed by atoms with Gasteiger partial charge >= 0.3 is 5.97 Å². The Morgan fingerprint density at radius 1 is 1.47 bits per heavy atom. The number of ether oxygens (including phenoxy) is 1. The van der Waals surface area contributed by atoms with E-state index in [0.717, 1.165) is 0 Å². The van der Waals surface area contributed by atoms with Gasteiger partial charge in [0.15, 0.2) is 0 Å². The summed E-state index contributed by atoms with van der Waals surface area (Å²) in [5, 5.41) is 9.10. The predicted octanol–water partition coefficient (Wildman–Crippen LogP) is 0.967.